The Morgan fingerprint density at radius 1 is 1.25 bits per heavy atom. The van der Waals surface area contributed by atoms with E-state index in [1.54, 1.807) is 6.92 Å². The summed E-state index contributed by atoms with van der Waals surface area (Å²) >= 11 is 0. The Morgan fingerprint density at radius 2 is 1.92 bits per heavy atom. The van der Waals surface area contributed by atoms with Crippen molar-refractivity contribution in [3.05, 3.63) is 11.6 Å². The number of carbonyl (C=O) groups excluding carboxylic acids is 1. The van der Waals surface area contributed by atoms with E-state index in [9.17, 15) is 19.8 Å². The molecule has 0 aliphatic heterocycles. The smallest absolute Gasteiger partial charge is 0.309 e. The van der Waals surface area contributed by atoms with Gasteiger partial charge in [0.2, 0.25) is 0 Å². The average Bonchev–Trinajstić information content (AvgIpc) is 2.50. The Labute approximate surface area is 144 Å². The fourth-order valence-electron chi connectivity index (χ4n) is 5.83. The number of ketones is 1. The lowest BCUT2D eigenvalue weighted by Crippen LogP contribution is -2.67. The number of carboxylic acid groups (broad SMARTS) is 1. The van der Waals surface area contributed by atoms with Gasteiger partial charge < -0.3 is 10.2 Å². The fraction of sp³-hybridized carbons (Fsp3) is 0.800. The van der Waals surface area contributed by atoms with E-state index in [0.29, 0.717) is 18.8 Å². The molecule has 0 bridgehead atoms. The SMILES string of the molecule is CC(C)C1=CC2C(=O)CC3C(C)(C(=O)O)CCCC3(C)C2(O)CC1. The summed E-state index contributed by atoms with van der Waals surface area (Å²) in [6.07, 6.45) is 5.81. The number of hydrogen-bond acceptors (Lipinski definition) is 3. The van der Waals surface area contributed by atoms with Crippen molar-refractivity contribution in [2.75, 3.05) is 0 Å². The van der Waals surface area contributed by atoms with E-state index in [1.165, 1.54) is 5.57 Å². The minimum Gasteiger partial charge on any atom is -0.481 e. The molecule has 4 heteroatoms. The number of carboxylic acids is 1. The number of aliphatic hydroxyl groups is 1. The molecule has 5 atom stereocenters. The highest BCUT2D eigenvalue weighted by atomic mass is 16.4. The maximum Gasteiger partial charge on any atom is 0.309 e. The van der Waals surface area contributed by atoms with Gasteiger partial charge in [0, 0.05) is 11.8 Å². The lowest BCUT2D eigenvalue weighted by Gasteiger charge is -2.62. The monoisotopic (exact) mass is 334 g/mol. The number of aliphatic carboxylic acids is 1. The fourth-order valence-corrected chi connectivity index (χ4v) is 5.83. The molecule has 134 valence electrons. The van der Waals surface area contributed by atoms with Crippen LogP contribution in [0.2, 0.25) is 0 Å². The number of allylic oxidation sites excluding steroid dienone is 1. The van der Waals surface area contributed by atoms with Gasteiger partial charge in [-0.3, -0.25) is 9.59 Å². The van der Waals surface area contributed by atoms with Gasteiger partial charge in [0.15, 0.2) is 0 Å². The van der Waals surface area contributed by atoms with Crippen molar-refractivity contribution in [3.63, 3.8) is 0 Å². The van der Waals surface area contributed by atoms with Crippen molar-refractivity contribution >= 4 is 11.8 Å². The zero-order valence-electron chi connectivity index (χ0n) is 15.3. The van der Waals surface area contributed by atoms with Gasteiger partial charge >= 0.3 is 5.97 Å². The summed E-state index contributed by atoms with van der Waals surface area (Å²) in [6, 6.07) is 0. The second-order valence-corrected chi connectivity index (χ2v) is 9.01. The normalized spacial score (nSPS) is 45.4. The molecule has 0 amide bonds. The first-order valence-electron chi connectivity index (χ1n) is 9.25. The molecule has 0 aromatic rings. The molecular weight excluding hydrogens is 304 g/mol. The van der Waals surface area contributed by atoms with Gasteiger partial charge in [-0.05, 0) is 44.4 Å². The van der Waals surface area contributed by atoms with Crippen LogP contribution in [0.25, 0.3) is 0 Å². The molecular formula is C20H30O4. The van der Waals surface area contributed by atoms with Gasteiger partial charge in [-0.25, -0.2) is 0 Å². The van der Waals surface area contributed by atoms with Crippen LogP contribution in [-0.2, 0) is 9.59 Å². The molecule has 2 N–H and O–H groups in total. The third-order valence-corrected chi connectivity index (χ3v) is 7.59. The lowest BCUT2D eigenvalue weighted by atomic mass is 9.42. The van der Waals surface area contributed by atoms with E-state index in [2.05, 4.69) is 13.8 Å². The van der Waals surface area contributed by atoms with Crippen LogP contribution in [0.15, 0.2) is 11.6 Å². The van der Waals surface area contributed by atoms with Crippen LogP contribution < -0.4 is 0 Å². The summed E-state index contributed by atoms with van der Waals surface area (Å²) in [5, 5.41) is 21.5. The lowest BCUT2D eigenvalue weighted by molar-refractivity contribution is -0.213. The van der Waals surface area contributed by atoms with Crippen molar-refractivity contribution in [1.82, 2.24) is 0 Å². The highest BCUT2D eigenvalue weighted by molar-refractivity contribution is 5.87. The second kappa shape index (κ2) is 5.42. The summed E-state index contributed by atoms with van der Waals surface area (Å²) < 4.78 is 0. The largest absolute Gasteiger partial charge is 0.481 e. The van der Waals surface area contributed by atoms with Crippen LogP contribution >= 0.6 is 0 Å². The number of Topliss-reactive ketones (excluding diaryl/α,β-unsaturated/α-hetero) is 1. The zero-order valence-corrected chi connectivity index (χ0v) is 15.3. The molecule has 0 spiro atoms. The maximum atomic E-state index is 12.9. The molecule has 2 fully saturated rings. The third kappa shape index (κ3) is 2.15. The van der Waals surface area contributed by atoms with Gasteiger partial charge in [-0.2, -0.15) is 0 Å². The van der Waals surface area contributed by atoms with E-state index in [4.69, 9.17) is 0 Å². The standard InChI is InChI=1S/C20H30O4/c1-12(2)13-6-9-20(24)14(10-13)15(21)11-16-18(3,17(22)23)7-5-8-19(16,20)4/h10,12,14,16,24H,5-9,11H2,1-4H3,(H,22,23). The predicted molar refractivity (Wildman–Crippen MR) is 91.4 cm³/mol. The highest BCUT2D eigenvalue weighted by Gasteiger charge is 2.67. The molecule has 0 radical (unpaired) electrons. The topological polar surface area (TPSA) is 74.6 Å². The molecule has 0 aromatic carbocycles. The molecule has 0 saturated heterocycles. The molecule has 3 rings (SSSR count). The third-order valence-electron chi connectivity index (χ3n) is 7.59. The Hall–Kier alpha value is -1.16. The summed E-state index contributed by atoms with van der Waals surface area (Å²) in [5.74, 6) is -1.20. The van der Waals surface area contributed by atoms with Crippen molar-refractivity contribution in [2.45, 2.75) is 71.8 Å². The molecule has 0 aromatic heterocycles. The minimum atomic E-state index is -1.11. The van der Waals surface area contributed by atoms with E-state index in [0.717, 1.165) is 19.3 Å². The highest BCUT2D eigenvalue weighted by Crippen LogP contribution is 2.64. The van der Waals surface area contributed by atoms with Crippen LogP contribution in [0, 0.1) is 28.6 Å². The average molecular weight is 334 g/mol. The van der Waals surface area contributed by atoms with Gasteiger partial charge in [-0.15, -0.1) is 0 Å². The van der Waals surface area contributed by atoms with E-state index >= 15 is 0 Å². The number of hydrogen-bond donors (Lipinski definition) is 2. The number of rotatable bonds is 2. The van der Waals surface area contributed by atoms with Crippen molar-refractivity contribution in [1.29, 1.82) is 0 Å². The minimum absolute atomic E-state index is 0.0206. The second-order valence-electron chi connectivity index (χ2n) is 9.01. The summed E-state index contributed by atoms with van der Waals surface area (Å²) in [6.45, 7) is 8.05. The van der Waals surface area contributed by atoms with Crippen LogP contribution in [-0.4, -0.2) is 27.6 Å². The summed E-state index contributed by atoms with van der Waals surface area (Å²) in [5.41, 5.74) is -1.30. The Bertz CT molecular complexity index is 607. The van der Waals surface area contributed by atoms with Crippen LogP contribution in [0.1, 0.15) is 66.2 Å². The first-order chi connectivity index (χ1) is 11.1. The van der Waals surface area contributed by atoms with Crippen molar-refractivity contribution in [3.8, 4) is 0 Å². The Morgan fingerprint density at radius 3 is 2.50 bits per heavy atom. The van der Waals surface area contributed by atoms with Crippen molar-refractivity contribution in [2.24, 2.45) is 28.6 Å². The van der Waals surface area contributed by atoms with Gasteiger partial charge in [0.05, 0.1) is 16.9 Å². The van der Waals surface area contributed by atoms with E-state index in [1.807, 2.05) is 13.0 Å². The Balaban J connectivity index is 2.09. The number of carbonyl (C=O) groups is 2. The van der Waals surface area contributed by atoms with Gasteiger partial charge in [-0.1, -0.05) is 38.8 Å². The molecule has 4 nitrogen and oxygen atoms in total. The Kier molecular flexibility index (Phi) is 3.99. The summed E-state index contributed by atoms with van der Waals surface area (Å²) in [7, 11) is 0. The molecule has 3 aliphatic rings. The summed E-state index contributed by atoms with van der Waals surface area (Å²) in [4.78, 5) is 24.9. The molecule has 2 saturated carbocycles. The van der Waals surface area contributed by atoms with E-state index in [-0.39, 0.29) is 18.1 Å². The molecule has 0 heterocycles. The van der Waals surface area contributed by atoms with Crippen LogP contribution in [0.5, 0.6) is 0 Å². The van der Waals surface area contributed by atoms with Crippen molar-refractivity contribution < 1.29 is 19.8 Å². The van der Waals surface area contributed by atoms with Gasteiger partial charge in [0.1, 0.15) is 5.78 Å². The molecule has 3 aliphatic carbocycles. The zero-order chi connectivity index (χ0) is 17.9. The van der Waals surface area contributed by atoms with Crippen LogP contribution in [0.4, 0.5) is 0 Å². The maximum absolute atomic E-state index is 12.9. The molecule has 5 unspecified atom stereocenters. The van der Waals surface area contributed by atoms with Crippen LogP contribution in [0.3, 0.4) is 0 Å². The first kappa shape index (κ1) is 17.7. The number of fused-ring (bicyclic) bond motifs is 3. The predicted octanol–water partition coefficient (Wildman–Crippen LogP) is 3.58. The van der Waals surface area contributed by atoms with E-state index < -0.39 is 28.3 Å². The quantitative estimate of drug-likeness (QED) is 0.757. The molecule has 24 heavy (non-hydrogen) atoms. The first-order valence-corrected chi connectivity index (χ1v) is 9.25. The van der Waals surface area contributed by atoms with Gasteiger partial charge in [0.25, 0.3) is 0 Å².